The molecule has 3 rings (SSSR count). The highest BCUT2D eigenvalue weighted by Crippen LogP contribution is 2.15. The second kappa shape index (κ2) is 6.62. The highest BCUT2D eigenvalue weighted by molar-refractivity contribution is 5.90. The van der Waals surface area contributed by atoms with Crippen LogP contribution in [0.4, 0.5) is 5.82 Å². The molecule has 0 fully saturated rings. The zero-order valence-electron chi connectivity index (χ0n) is 13.3. The molecule has 2 aromatic carbocycles. The van der Waals surface area contributed by atoms with Gasteiger partial charge in [-0.05, 0) is 23.8 Å². The number of aryl methyl sites for hydroxylation is 1. The second-order valence-corrected chi connectivity index (χ2v) is 5.86. The smallest absolute Gasteiger partial charge is 0.280 e. The molecule has 118 valence electrons. The number of quaternary nitrogens is 1. The fourth-order valence-corrected chi connectivity index (χ4v) is 2.65. The zero-order chi connectivity index (χ0) is 16.2. The van der Waals surface area contributed by atoms with Gasteiger partial charge in [0.05, 0.1) is 7.05 Å². The number of carbonyl (C=O) groups is 1. The van der Waals surface area contributed by atoms with Gasteiger partial charge in [0.25, 0.3) is 5.91 Å². The summed E-state index contributed by atoms with van der Waals surface area (Å²) in [7, 11) is 2.00. The van der Waals surface area contributed by atoms with E-state index in [9.17, 15) is 4.79 Å². The van der Waals surface area contributed by atoms with Gasteiger partial charge in [0, 0.05) is 11.6 Å². The molecule has 2 N–H and O–H groups in total. The molecule has 0 spiro atoms. The average Bonchev–Trinajstić information content (AvgIpc) is 2.91. The number of nitrogens with one attached hydrogen (secondary N) is 2. The minimum absolute atomic E-state index is 0.0726. The summed E-state index contributed by atoms with van der Waals surface area (Å²) in [5.74, 6) is 1.07. The van der Waals surface area contributed by atoms with E-state index >= 15 is 0 Å². The number of likely N-dealkylation sites (N-methyl/N-ethyl adjacent to an activating group) is 1. The van der Waals surface area contributed by atoms with Crippen LogP contribution in [-0.2, 0) is 11.3 Å². The second-order valence-electron chi connectivity index (χ2n) is 5.86. The van der Waals surface area contributed by atoms with E-state index in [4.69, 9.17) is 4.52 Å². The highest BCUT2D eigenvalue weighted by Gasteiger charge is 2.12. The Hall–Kier alpha value is -2.66. The number of hydrogen-bond donors (Lipinski definition) is 2. The van der Waals surface area contributed by atoms with E-state index in [1.165, 1.54) is 16.3 Å². The van der Waals surface area contributed by atoms with E-state index in [0.717, 1.165) is 11.4 Å². The van der Waals surface area contributed by atoms with Gasteiger partial charge in [-0.25, -0.2) is 0 Å². The van der Waals surface area contributed by atoms with Crippen LogP contribution in [0.2, 0.25) is 0 Å². The predicted octanol–water partition coefficient (Wildman–Crippen LogP) is 1.79. The summed E-state index contributed by atoms with van der Waals surface area (Å²) >= 11 is 0. The lowest BCUT2D eigenvalue weighted by Crippen LogP contribution is -3.08. The maximum absolute atomic E-state index is 12.0. The molecule has 0 bridgehead atoms. The van der Waals surface area contributed by atoms with E-state index in [-0.39, 0.29) is 5.91 Å². The van der Waals surface area contributed by atoms with E-state index < -0.39 is 0 Å². The summed E-state index contributed by atoms with van der Waals surface area (Å²) in [6.45, 7) is 2.95. The summed E-state index contributed by atoms with van der Waals surface area (Å²) in [6.07, 6.45) is 0. The molecule has 0 aliphatic carbocycles. The fraction of sp³-hybridized carbons (Fsp3) is 0.222. The quantitative estimate of drug-likeness (QED) is 0.755. The zero-order valence-corrected chi connectivity index (χ0v) is 13.3. The van der Waals surface area contributed by atoms with Gasteiger partial charge in [-0.3, -0.25) is 4.79 Å². The van der Waals surface area contributed by atoms with Crippen molar-refractivity contribution >= 4 is 22.5 Å². The van der Waals surface area contributed by atoms with Gasteiger partial charge in [-0.2, -0.15) is 0 Å². The topological polar surface area (TPSA) is 59.6 Å². The van der Waals surface area contributed by atoms with E-state index in [1.807, 2.05) is 19.2 Å². The first-order valence-corrected chi connectivity index (χ1v) is 7.62. The molecule has 1 amide bonds. The lowest BCUT2D eigenvalue weighted by molar-refractivity contribution is -0.885. The Kier molecular flexibility index (Phi) is 4.39. The molecule has 1 unspecified atom stereocenters. The van der Waals surface area contributed by atoms with Crippen LogP contribution in [0.15, 0.2) is 53.1 Å². The number of amides is 1. The van der Waals surface area contributed by atoms with Crippen molar-refractivity contribution in [3.05, 3.63) is 59.9 Å². The first-order chi connectivity index (χ1) is 11.1. The normalized spacial score (nSPS) is 12.3. The molecule has 5 nitrogen and oxygen atoms in total. The van der Waals surface area contributed by atoms with Gasteiger partial charge in [0.2, 0.25) is 0 Å². The molecule has 0 radical (unpaired) electrons. The summed E-state index contributed by atoms with van der Waals surface area (Å²) < 4.78 is 4.94. The number of benzene rings is 2. The Balaban J connectivity index is 1.59. The molecule has 0 saturated heterocycles. The Bertz CT molecular complexity index is 826. The molecule has 0 aliphatic heterocycles. The van der Waals surface area contributed by atoms with Crippen molar-refractivity contribution in [2.24, 2.45) is 0 Å². The van der Waals surface area contributed by atoms with Crippen LogP contribution in [-0.4, -0.2) is 24.7 Å². The molecule has 1 heterocycles. The summed E-state index contributed by atoms with van der Waals surface area (Å²) in [5.41, 5.74) is 1.21. The van der Waals surface area contributed by atoms with E-state index in [0.29, 0.717) is 18.1 Å². The van der Waals surface area contributed by atoms with Crippen LogP contribution in [0.25, 0.3) is 10.8 Å². The van der Waals surface area contributed by atoms with Gasteiger partial charge in [-0.15, -0.1) is 0 Å². The molecule has 0 aliphatic rings. The van der Waals surface area contributed by atoms with Crippen LogP contribution >= 0.6 is 0 Å². The summed E-state index contributed by atoms with van der Waals surface area (Å²) in [6, 6.07) is 16.4. The average molecular weight is 310 g/mol. The van der Waals surface area contributed by atoms with Crippen LogP contribution < -0.4 is 10.2 Å². The Morgan fingerprint density at radius 3 is 2.70 bits per heavy atom. The summed E-state index contributed by atoms with van der Waals surface area (Å²) in [4.78, 5) is 13.1. The van der Waals surface area contributed by atoms with Crippen LogP contribution in [0.5, 0.6) is 0 Å². The van der Waals surface area contributed by atoms with Crippen LogP contribution in [0, 0.1) is 6.92 Å². The van der Waals surface area contributed by atoms with Gasteiger partial charge < -0.3 is 14.7 Å². The Morgan fingerprint density at radius 1 is 1.17 bits per heavy atom. The third kappa shape index (κ3) is 3.96. The minimum Gasteiger partial charge on any atom is -0.360 e. The fourth-order valence-electron chi connectivity index (χ4n) is 2.65. The van der Waals surface area contributed by atoms with Crippen molar-refractivity contribution in [1.29, 1.82) is 0 Å². The van der Waals surface area contributed by atoms with Gasteiger partial charge >= 0.3 is 0 Å². The Morgan fingerprint density at radius 2 is 1.96 bits per heavy atom. The molecular weight excluding hydrogens is 290 g/mol. The molecule has 23 heavy (non-hydrogen) atoms. The standard InChI is InChI=1S/C18H19N3O2/c1-13-9-17(20-23-13)19-18(22)12-21(2)11-14-7-8-15-5-3-4-6-16(15)10-14/h3-10H,11-12H2,1-2H3,(H,19,20,22)/p+1. The predicted molar refractivity (Wildman–Crippen MR) is 89.3 cm³/mol. The third-order valence-electron chi connectivity index (χ3n) is 3.68. The van der Waals surface area contributed by atoms with Crippen LogP contribution in [0.1, 0.15) is 11.3 Å². The molecule has 5 heteroatoms. The maximum Gasteiger partial charge on any atom is 0.280 e. The number of aromatic nitrogens is 1. The molecular formula is C18H20N3O2+. The van der Waals surface area contributed by atoms with Crippen molar-refractivity contribution < 1.29 is 14.2 Å². The number of fused-ring (bicyclic) bond motifs is 1. The van der Waals surface area contributed by atoms with E-state index in [1.54, 1.807) is 13.0 Å². The molecule has 3 aromatic rings. The van der Waals surface area contributed by atoms with Crippen molar-refractivity contribution in [2.75, 3.05) is 18.9 Å². The largest absolute Gasteiger partial charge is 0.360 e. The molecule has 1 atom stereocenters. The van der Waals surface area contributed by atoms with Crippen molar-refractivity contribution in [3.63, 3.8) is 0 Å². The Labute approximate surface area is 134 Å². The van der Waals surface area contributed by atoms with Crippen molar-refractivity contribution in [1.82, 2.24) is 5.16 Å². The van der Waals surface area contributed by atoms with E-state index in [2.05, 4.69) is 40.8 Å². The number of carbonyl (C=O) groups excluding carboxylic acids is 1. The first kappa shape index (κ1) is 15.2. The van der Waals surface area contributed by atoms with Crippen molar-refractivity contribution in [3.8, 4) is 0 Å². The summed E-state index contributed by atoms with van der Waals surface area (Å²) in [5, 5.41) is 8.96. The molecule has 1 aromatic heterocycles. The lowest BCUT2D eigenvalue weighted by atomic mass is 10.1. The number of nitrogens with zero attached hydrogens (tertiary/aromatic N) is 1. The minimum atomic E-state index is -0.0726. The third-order valence-corrected chi connectivity index (χ3v) is 3.68. The van der Waals surface area contributed by atoms with Gasteiger partial charge in [-0.1, -0.05) is 41.6 Å². The molecule has 0 saturated carbocycles. The highest BCUT2D eigenvalue weighted by atomic mass is 16.5. The number of hydrogen-bond acceptors (Lipinski definition) is 3. The first-order valence-electron chi connectivity index (χ1n) is 7.62. The van der Waals surface area contributed by atoms with Gasteiger partial charge in [0.1, 0.15) is 12.3 Å². The number of anilines is 1. The lowest BCUT2D eigenvalue weighted by Gasteiger charge is -2.13. The van der Waals surface area contributed by atoms with Crippen LogP contribution in [0.3, 0.4) is 0 Å². The van der Waals surface area contributed by atoms with Crippen molar-refractivity contribution in [2.45, 2.75) is 13.5 Å². The monoisotopic (exact) mass is 310 g/mol. The SMILES string of the molecule is Cc1cc(NC(=O)C[NH+](C)Cc2ccc3ccccc3c2)no1. The number of rotatable bonds is 5. The maximum atomic E-state index is 12.0. The van der Waals surface area contributed by atoms with Gasteiger partial charge in [0.15, 0.2) is 12.4 Å².